The van der Waals surface area contributed by atoms with Crippen molar-refractivity contribution in [3.8, 4) is 0 Å². The molecule has 5 heteroatoms. The zero-order chi connectivity index (χ0) is 17.9. The van der Waals surface area contributed by atoms with E-state index < -0.39 is 16.8 Å². The minimum Gasteiger partial charge on any atom is -0.481 e. The van der Waals surface area contributed by atoms with Crippen molar-refractivity contribution < 1.29 is 24.2 Å². The lowest BCUT2D eigenvalue weighted by atomic mass is 9.87. The lowest BCUT2D eigenvalue weighted by molar-refractivity contribution is -0.153. The highest BCUT2D eigenvalue weighted by Crippen LogP contribution is 2.25. The number of hydrogen-bond donors (Lipinski definition) is 1. The quantitative estimate of drug-likeness (QED) is 0.407. The first kappa shape index (κ1) is 21.9. The van der Waals surface area contributed by atoms with Gasteiger partial charge in [-0.05, 0) is 60.3 Å². The first-order valence-corrected chi connectivity index (χ1v) is 8.62. The van der Waals surface area contributed by atoms with Crippen LogP contribution in [0.4, 0.5) is 0 Å². The summed E-state index contributed by atoms with van der Waals surface area (Å²) >= 11 is 0. The van der Waals surface area contributed by atoms with Crippen molar-refractivity contribution in [3.63, 3.8) is 0 Å². The van der Waals surface area contributed by atoms with E-state index in [-0.39, 0.29) is 5.97 Å². The molecule has 0 radical (unpaired) electrons. The monoisotopic (exact) mass is 330 g/mol. The van der Waals surface area contributed by atoms with Gasteiger partial charge in [0.15, 0.2) is 0 Å². The molecule has 0 saturated carbocycles. The summed E-state index contributed by atoms with van der Waals surface area (Å²) in [6.07, 6.45) is 5.04. The standard InChI is InChI=1S/C18H34O5/c1-6-23-16(21)18(4,5)12-8-10-14-22-13-9-7-11-17(2,3)15(19)20/h6-14H2,1-5H3,(H,19,20). The third-order valence-corrected chi connectivity index (χ3v) is 4.09. The van der Waals surface area contributed by atoms with Gasteiger partial charge in [0.1, 0.15) is 0 Å². The van der Waals surface area contributed by atoms with Gasteiger partial charge in [-0.15, -0.1) is 0 Å². The molecule has 136 valence electrons. The number of carbonyl (C=O) groups excluding carboxylic acids is 1. The van der Waals surface area contributed by atoms with Crippen molar-refractivity contribution in [2.75, 3.05) is 19.8 Å². The molecule has 0 saturated heterocycles. The predicted octanol–water partition coefficient (Wildman–Crippen LogP) is 4.04. The maximum absolute atomic E-state index is 11.7. The third-order valence-electron chi connectivity index (χ3n) is 4.09. The number of carboxylic acid groups (broad SMARTS) is 1. The maximum Gasteiger partial charge on any atom is 0.311 e. The summed E-state index contributed by atoms with van der Waals surface area (Å²) < 4.78 is 10.6. The molecular weight excluding hydrogens is 296 g/mol. The number of carboxylic acids is 1. The fraction of sp³-hybridized carbons (Fsp3) is 0.889. The minimum atomic E-state index is -0.748. The van der Waals surface area contributed by atoms with E-state index in [2.05, 4.69) is 0 Å². The van der Waals surface area contributed by atoms with Gasteiger partial charge in [-0.3, -0.25) is 9.59 Å². The van der Waals surface area contributed by atoms with Crippen molar-refractivity contribution in [3.05, 3.63) is 0 Å². The van der Waals surface area contributed by atoms with Crippen LogP contribution in [0.25, 0.3) is 0 Å². The van der Waals surface area contributed by atoms with Crippen molar-refractivity contribution in [2.45, 2.75) is 73.1 Å². The molecule has 0 fully saturated rings. The number of carbonyl (C=O) groups is 2. The van der Waals surface area contributed by atoms with Gasteiger partial charge in [-0.1, -0.05) is 12.8 Å². The molecule has 0 aliphatic rings. The molecule has 0 aromatic rings. The van der Waals surface area contributed by atoms with Crippen molar-refractivity contribution >= 4 is 11.9 Å². The van der Waals surface area contributed by atoms with E-state index in [1.165, 1.54) is 0 Å². The number of unbranched alkanes of at least 4 members (excludes halogenated alkanes) is 2. The van der Waals surface area contributed by atoms with Gasteiger partial charge in [0.2, 0.25) is 0 Å². The summed E-state index contributed by atoms with van der Waals surface area (Å²) in [6, 6.07) is 0. The van der Waals surface area contributed by atoms with Crippen LogP contribution in [0.15, 0.2) is 0 Å². The Balaban J connectivity index is 3.60. The Hall–Kier alpha value is -1.10. The lowest BCUT2D eigenvalue weighted by Crippen LogP contribution is -2.26. The molecular formula is C18H34O5. The second-order valence-corrected chi connectivity index (χ2v) is 7.32. The van der Waals surface area contributed by atoms with E-state index >= 15 is 0 Å². The molecule has 5 nitrogen and oxygen atoms in total. The Morgan fingerprint density at radius 3 is 1.78 bits per heavy atom. The third kappa shape index (κ3) is 9.59. The number of rotatable bonds is 13. The number of esters is 1. The molecule has 0 rings (SSSR count). The average molecular weight is 330 g/mol. The van der Waals surface area contributed by atoms with Crippen LogP contribution < -0.4 is 0 Å². The highest BCUT2D eigenvalue weighted by Gasteiger charge is 2.28. The van der Waals surface area contributed by atoms with Crippen LogP contribution in [-0.4, -0.2) is 36.9 Å². The van der Waals surface area contributed by atoms with Crippen LogP contribution in [0.1, 0.15) is 73.1 Å². The predicted molar refractivity (Wildman–Crippen MR) is 90.4 cm³/mol. The Morgan fingerprint density at radius 1 is 0.870 bits per heavy atom. The molecule has 0 amide bonds. The van der Waals surface area contributed by atoms with Crippen LogP contribution >= 0.6 is 0 Å². The van der Waals surface area contributed by atoms with Crippen LogP contribution in [0, 0.1) is 10.8 Å². The molecule has 0 atom stereocenters. The second kappa shape index (κ2) is 10.6. The first-order valence-electron chi connectivity index (χ1n) is 8.62. The molecule has 0 bridgehead atoms. The largest absolute Gasteiger partial charge is 0.481 e. The van der Waals surface area contributed by atoms with E-state index in [1.54, 1.807) is 13.8 Å². The smallest absolute Gasteiger partial charge is 0.311 e. The van der Waals surface area contributed by atoms with Gasteiger partial charge in [0, 0.05) is 13.2 Å². The summed E-state index contributed by atoms with van der Waals surface area (Å²) in [4.78, 5) is 22.7. The minimum absolute atomic E-state index is 0.137. The Bertz CT molecular complexity index is 360. The first-order chi connectivity index (χ1) is 10.6. The van der Waals surface area contributed by atoms with Gasteiger partial charge in [-0.25, -0.2) is 0 Å². The van der Waals surface area contributed by atoms with E-state index in [0.717, 1.165) is 32.1 Å². The SMILES string of the molecule is CCOC(=O)C(C)(C)CCCCOCCCCC(C)(C)C(=O)O. The van der Waals surface area contributed by atoms with Crippen LogP contribution in [0.3, 0.4) is 0 Å². The Kier molecular flexibility index (Phi) is 10.1. The van der Waals surface area contributed by atoms with Gasteiger partial charge < -0.3 is 14.6 Å². The summed E-state index contributed by atoms with van der Waals surface area (Å²) in [7, 11) is 0. The highest BCUT2D eigenvalue weighted by molar-refractivity contribution is 5.75. The van der Waals surface area contributed by atoms with Gasteiger partial charge in [0.05, 0.1) is 17.4 Å². The summed E-state index contributed by atoms with van der Waals surface area (Å²) in [5.41, 5.74) is -1.09. The fourth-order valence-electron chi connectivity index (χ4n) is 2.18. The van der Waals surface area contributed by atoms with Crippen molar-refractivity contribution in [1.82, 2.24) is 0 Å². The van der Waals surface area contributed by atoms with Gasteiger partial charge in [0.25, 0.3) is 0 Å². The number of hydrogen-bond acceptors (Lipinski definition) is 4. The zero-order valence-electron chi connectivity index (χ0n) is 15.4. The molecule has 0 aromatic heterocycles. The second-order valence-electron chi connectivity index (χ2n) is 7.32. The molecule has 0 aliphatic carbocycles. The van der Waals surface area contributed by atoms with Crippen LogP contribution in [0.2, 0.25) is 0 Å². The zero-order valence-corrected chi connectivity index (χ0v) is 15.4. The molecule has 0 spiro atoms. The lowest BCUT2D eigenvalue weighted by Gasteiger charge is -2.22. The topological polar surface area (TPSA) is 72.8 Å². The summed E-state index contributed by atoms with van der Waals surface area (Å²) in [5.74, 6) is -0.885. The fourth-order valence-corrected chi connectivity index (χ4v) is 2.18. The molecule has 0 unspecified atom stereocenters. The number of ether oxygens (including phenoxy) is 2. The van der Waals surface area contributed by atoms with E-state index in [0.29, 0.717) is 26.2 Å². The molecule has 0 heterocycles. The van der Waals surface area contributed by atoms with Crippen LogP contribution in [-0.2, 0) is 19.1 Å². The molecule has 0 aliphatic heterocycles. The van der Waals surface area contributed by atoms with E-state index in [1.807, 2.05) is 20.8 Å². The maximum atomic E-state index is 11.7. The average Bonchev–Trinajstić information content (AvgIpc) is 2.45. The van der Waals surface area contributed by atoms with E-state index in [4.69, 9.17) is 14.6 Å². The summed E-state index contributed by atoms with van der Waals surface area (Å²) in [6.45, 7) is 10.9. The van der Waals surface area contributed by atoms with Crippen LogP contribution in [0.5, 0.6) is 0 Å². The normalized spacial score (nSPS) is 12.2. The van der Waals surface area contributed by atoms with Crippen molar-refractivity contribution in [1.29, 1.82) is 0 Å². The van der Waals surface area contributed by atoms with Gasteiger partial charge >= 0.3 is 11.9 Å². The highest BCUT2D eigenvalue weighted by atomic mass is 16.5. The van der Waals surface area contributed by atoms with Gasteiger partial charge in [-0.2, -0.15) is 0 Å². The summed E-state index contributed by atoms with van der Waals surface area (Å²) in [5, 5.41) is 9.02. The molecule has 0 aromatic carbocycles. The van der Waals surface area contributed by atoms with E-state index in [9.17, 15) is 9.59 Å². The Labute approximate surface area is 140 Å². The van der Waals surface area contributed by atoms with Crippen molar-refractivity contribution in [2.24, 2.45) is 10.8 Å². The Morgan fingerprint density at radius 2 is 1.35 bits per heavy atom. The number of aliphatic carboxylic acids is 1. The molecule has 1 N–H and O–H groups in total. The molecule has 23 heavy (non-hydrogen) atoms.